The number of aliphatic carboxylic acids is 1. The van der Waals surface area contributed by atoms with Crippen molar-refractivity contribution in [1.82, 2.24) is 10.3 Å². The number of carboxylic acid groups (broad SMARTS) is 1. The third-order valence-corrected chi connectivity index (χ3v) is 3.78. The minimum absolute atomic E-state index is 0.0759. The number of carboxylic acids is 1. The van der Waals surface area contributed by atoms with E-state index in [-0.39, 0.29) is 17.6 Å². The normalized spacial score (nSPS) is 13.6. The van der Waals surface area contributed by atoms with Crippen LogP contribution in [0.4, 0.5) is 4.39 Å². The van der Waals surface area contributed by atoms with Gasteiger partial charge in [-0.3, -0.25) is 4.79 Å². The molecule has 1 aromatic carbocycles. The van der Waals surface area contributed by atoms with Crippen LogP contribution in [0.3, 0.4) is 0 Å². The van der Waals surface area contributed by atoms with Crippen molar-refractivity contribution >= 4 is 22.8 Å². The van der Waals surface area contributed by atoms with Gasteiger partial charge in [0.15, 0.2) is 0 Å². The Hall–Kier alpha value is -2.57. The molecule has 1 heterocycles. The van der Waals surface area contributed by atoms with E-state index in [1.165, 1.54) is 32.2 Å². The molecule has 2 aromatic rings. The summed E-state index contributed by atoms with van der Waals surface area (Å²) in [6, 6.07) is 4.14. The number of carbonyl (C=O) groups excluding carboxylic acids is 1. The van der Waals surface area contributed by atoms with E-state index < -0.39 is 23.2 Å². The number of ether oxygens (including phenoxy) is 1. The number of nitrogens with one attached hydrogen (secondary N) is 2. The number of hydrogen-bond donors (Lipinski definition) is 3. The summed E-state index contributed by atoms with van der Waals surface area (Å²) in [5.41, 5.74) is -1.17. The van der Waals surface area contributed by atoms with Crippen LogP contribution in [0.25, 0.3) is 10.9 Å². The molecule has 0 fully saturated rings. The number of benzene rings is 1. The first kappa shape index (κ1) is 16.8. The van der Waals surface area contributed by atoms with Crippen LogP contribution in [0.15, 0.2) is 18.2 Å². The van der Waals surface area contributed by atoms with Crippen LogP contribution < -0.4 is 10.1 Å². The molecule has 0 aliphatic heterocycles. The lowest BCUT2D eigenvalue weighted by molar-refractivity contribution is -0.144. The largest absolute Gasteiger partial charge is 0.496 e. The zero-order valence-corrected chi connectivity index (χ0v) is 13.2. The van der Waals surface area contributed by atoms with E-state index in [9.17, 15) is 19.1 Å². The van der Waals surface area contributed by atoms with E-state index in [0.717, 1.165) is 0 Å². The van der Waals surface area contributed by atoms with Crippen molar-refractivity contribution in [1.29, 1.82) is 0 Å². The Bertz CT molecular complexity index is 756. The Morgan fingerprint density at radius 1 is 1.43 bits per heavy atom. The third-order valence-electron chi connectivity index (χ3n) is 3.78. The van der Waals surface area contributed by atoms with Crippen LogP contribution in [0.5, 0.6) is 5.75 Å². The molecular formula is C16H19FN2O4. The molecule has 0 saturated carbocycles. The second-order valence-corrected chi connectivity index (χ2v) is 5.56. The molecule has 1 atom stereocenters. The fourth-order valence-corrected chi connectivity index (χ4v) is 2.50. The zero-order chi connectivity index (χ0) is 17.2. The maximum Gasteiger partial charge on any atom is 0.329 e. The number of aromatic nitrogens is 1. The van der Waals surface area contributed by atoms with Crippen LogP contribution >= 0.6 is 0 Å². The van der Waals surface area contributed by atoms with E-state index >= 15 is 0 Å². The SMILES string of the molecule is CCCC(C)(NC(=O)c1cc2c(OC)ccc(F)c2[nH]1)C(=O)O. The number of H-pyrrole nitrogens is 1. The molecule has 6 nitrogen and oxygen atoms in total. The van der Waals surface area contributed by atoms with Crippen molar-refractivity contribution in [2.24, 2.45) is 0 Å². The molecule has 0 aliphatic rings. The Labute approximate surface area is 132 Å². The molecule has 23 heavy (non-hydrogen) atoms. The van der Waals surface area contributed by atoms with Gasteiger partial charge in [0, 0.05) is 5.39 Å². The lowest BCUT2D eigenvalue weighted by atomic mass is 9.96. The third kappa shape index (κ3) is 3.13. The van der Waals surface area contributed by atoms with Crippen molar-refractivity contribution in [3.8, 4) is 5.75 Å². The predicted molar refractivity (Wildman–Crippen MR) is 83.2 cm³/mol. The van der Waals surface area contributed by atoms with Crippen LogP contribution in [0.1, 0.15) is 37.2 Å². The highest BCUT2D eigenvalue weighted by Crippen LogP contribution is 2.28. The van der Waals surface area contributed by atoms with E-state index in [4.69, 9.17) is 4.74 Å². The molecule has 0 bridgehead atoms. The molecule has 1 unspecified atom stereocenters. The summed E-state index contributed by atoms with van der Waals surface area (Å²) in [5, 5.41) is 12.2. The minimum atomic E-state index is -1.38. The van der Waals surface area contributed by atoms with Gasteiger partial charge in [0.25, 0.3) is 5.91 Å². The Balaban J connectivity index is 2.38. The van der Waals surface area contributed by atoms with Gasteiger partial charge in [-0.2, -0.15) is 0 Å². The van der Waals surface area contributed by atoms with Gasteiger partial charge in [0.2, 0.25) is 0 Å². The topological polar surface area (TPSA) is 91.4 Å². The summed E-state index contributed by atoms with van der Waals surface area (Å²) < 4.78 is 19.0. The average Bonchev–Trinajstić information content (AvgIpc) is 2.94. The summed E-state index contributed by atoms with van der Waals surface area (Å²) in [6.07, 6.45) is 0.879. The Morgan fingerprint density at radius 3 is 2.70 bits per heavy atom. The fraction of sp³-hybridized carbons (Fsp3) is 0.375. The molecule has 0 spiro atoms. The molecule has 7 heteroatoms. The highest BCUT2D eigenvalue weighted by Gasteiger charge is 2.34. The van der Waals surface area contributed by atoms with E-state index in [2.05, 4.69) is 10.3 Å². The summed E-state index contributed by atoms with van der Waals surface area (Å²) in [6.45, 7) is 3.27. The maximum atomic E-state index is 13.9. The summed E-state index contributed by atoms with van der Waals surface area (Å²) >= 11 is 0. The van der Waals surface area contributed by atoms with Crippen LogP contribution in [0.2, 0.25) is 0 Å². The number of hydrogen-bond acceptors (Lipinski definition) is 3. The van der Waals surface area contributed by atoms with Crippen molar-refractivity contribution in [3.05, 3.63) is 29.7 Å². The van der Waals surface area contributed by atoms with Crippen molar-refractivity contribution in [2.75, 3.05) is 7.11 Å². The maximum absolute atomic E-state index is 13.9. The molecule has 1 aromatic heterocycles. The molecule has 0 radical (unpaired) electrons. The Kier molecular flexibility index (Phi) is 4.58. The molecule has 124 valence electrons. The first-order valence-corrected chi connectivity index (χ1v) is 7.23. The van der Waals surface area contributed by atoms with Gasteiger partial charge in [-0.25, -0.2) is 9.18 Å². The lowest BCUT2D eigenvalue weighted by Gasteiger charge is -2.25. The standard InChI is InChI=1S/C16H19FN2O4/c1-4-7-16(2,15(21)22)19-14(20)11-8-9-12(23-3)6-5-10(17)13(9)18-11/h5-6,8,18H,4,7H2,1-3H3,(H,19,20)(H,21,22). The van der Waals surface area contributed by atoms with Crippen molar-refractivity contribution in [2.45, 2.75) is 32.2 Å². The second kappa shape index (κ2) is 6.28. The number of fused-ring (bicyclic) bond motifs is 1. The summed E-state index contributed by atoms with van der Waals surface area (Å²) in [7, 11) is 1.45. The van der Waals surface area contributed by atoms with E-state index in [1.54, 1.807) is 0 Å². The van der Waals surface area contributed by atoms with Gasteiger partial charge >= 0.3 is 5.97 Å². The molecule has 2 rings (SSSR count). The van der Waals surface area contributed by atoms with E-state index in [0.29, 0.717) is 17.6 Å². The fourth-order valence-electron chi connectivity index (χ4n) is 2.50. The monoisotopic (exact) mass is 322 g/mol. The predicted octanol–water partition coefficient (Wildman–Crippen LogP) is 2.69. The lowest BCUT2D eigenvalue weighted by Crippen LogP contribution is -2.52. The van der Waals surface area contributed by atoms with Crippen LogP contribution in [-0.2, 0) is 4.79 Å². The number of halogens is 1. The zero-order valence-electron chi connectivity index (χ0n) is 13.2. The average molecular weight is 322 g/mol. The molecule has 0 aliphatic carbocycles. The van der Waals surface area contributed by atoms with Crippen LogP contribution in [0, 0.1) is 5.82 Å². The first-order valence-electron chi connectivity index (χ1n) is 7.23. The van der Waals surface area contributed by atoms with Gasteiger partial charge in [-0.1, -0.05) is 13.3 Å². The molecule has 3 N–H and O–H groups in total. The van der Waals surface area contributed by atoms with Crippen molar-refractivity contribution in [3.63, 3.8) is 0 Å². The van der Waals surface area contributed by atoms with E-state index in [1.807, 2.05) is 6.92 Å². The van der Waals surface area contributed by atoms with Gasteiger partial charge in [0.05, 0.1) is 12.6 Å². The second-order valence-electron chi connectivity index (χ2n) is 5.56. The number of amides is 1. The molecular weight excluding hydrogens is 303 g/mol. The van der Waals surface area contributed by atoms with Gasteiger partial charge in [-0.15, -0.1) is 0 Å². The number of carbonyl (C=O) groups is 2. The minimum Gasteiger partial charge on any atom is -0.496 e. The van der Waals surface area contributed by atoms with Gasteiger partial charge < -0.3 is 20.1 Å². The van der Waals surface area contributed by atoms with Gasteiger partial charge in [0.1, 0.15) is 22.8 Å². The van der Waals surface area contributed by atoms with Gasteiger partial charge in [-0.05, 0) is 31.5 Å². The van der Waals surface area contributed by atoms with Crippen LogP contribution in [-0.4, -0.2) is 34.6 Å². The number of methoxy groups -OCH3 is 1. The highest BCUT2D eigenvalue weighted by molar-refractivity contribution is 6.01. The molecule has 1 amide bonds. The first-order chi connectivity index (χ1) is 10.8. The quantitative estimate of drug-likeness (QED) is 0.762. The molecule has 0 saturated heterocycles. The number of aromatic amines is 1. The van der Waals surface area contributed by atoms with Crippen molar-refractivity contribution < 1.29 is 23.8 Å². The number of rotatable bonds is 6. The smallest absolute Gasteiger partial charge is 0.329 e. The Morgan fingerprint density at radius 2 is 2.13 bits per heavy atom. The summed E-state index contributed by atoms with van der Waals surface area (Å²) in [4.78, 5) is 26.4. The summed E-state index contributed by atoms with van der Waals surface area (Å²) in [5.74, 6) is -1.82. The highest BCUT2D eigenvalue weighted by atomic mass is 19.1.